The summed E-state index contributed by atoms with van der Waals surface area (Å²) in [6.07, 6.45) is 0. The fourth-order valence-corrected chi connectivity index (χ4v) is 2.80. The summed E-state index contributed by atoms with van der Waals surface area (Å²) in [5.74, 6) is -1.31. The third-order valence-corrected chi connectivity index (χ3v) is 4.08. The molecule has 0 aliphatic heterocycles. The zero-order valence-corrected chi connectivity index (χ0v) is 11.9. The third-order valence-electron chi connectivity index (χ3n) is 2.13. The van der Waals surface area contributed by atoms with Gasteiger partial charge in [0.05, 0.1) is 12.9 Å². The first-order chi connectivity index (χ1) is 9.58. The van der Waals surface area contributed by atoms with E-state index in [1.807, 2.05) is 0 Å². The highest BCUT2D eigenvalue weighted by molar-refractivity contribution is 8.01. The molecule has 9 heteroatoms. The van der Waals surface area contributed by atoms with Crippen LogP contribution in [0.4, 0.5) is 15.2 Å². The van der Waals surface area contributed by atoms with Crippen LogP contribution in [0.25, 0.3) is 0 Å². The number of carboxylic acids is 1. The van der Waals surface area contributed by atoms with Crippen LogP contribution in [0.15, 0.2) is 22.5 Å². The molecule has 0 bridgehead atoms. The van der Waals surface area contributed by atoms with Crippen LogP contribution in [0, 0.1) is 5.82 Å². The second-order valence-electron chi connectivity index (χ2n) is 3.53. The van der Waals surface area contributed by atoms with Crippen LogP contribution in [0.2, 0.25) is 0 Å². The number of rotatable bonds is 6. The Morgan fingerprint density at radius 3 is 3.05 bits per heavy atom. The predicted octanol–water partition coefficient (Wildman–Crippen LogP) is 2.61. The summed E-state index contributed by atoms with van der Waals surface area (Å²) < 4.78 is 18.7. The van der Waals surface area contributed by atoms with Gasteiger partial charge in [0.15, 0.2) is 15.9 Å². The predicted molar refractivity (Wildman–Crippen MR) is 74.5 cm³/mol. The molecule has 0 aliphatic rings. The molecule has 0 spiro atoms. The van der Waals surface area contributed by atoms with Crippen molar-refractivity contribution in [2.75, 3.05) is 18.2 Å². The van der Waals surface area contributed by atoms with E-state index in [1.54, 1.807) is 6.07 Å². The number of aliphatic carboxylic acids is 1. The average molecular weight is 315 g/mol. The lowest BCUT2D eigenvalue weighted by Crippen LogP contribution is -1.96. The Balaban J connectivity index is 2.04. The SMILES string of the molecule is COc1cc(Nc2nnc(SCC(=O)O)s2)ccc1F. The second kappa shape index (κ2) is 6.53. The van der Waals surface area contributed by atoms with Crippen molar-refractivity contribution < 1.29 is 19.0 Å². The fourth-order valence-electron chi connectivity index (χ4n) is 1.30. The molecule has 1 aromatic carbocycles. The summed E-state index contributed by atoms with van der Waals surface area (Å²) in [4.78, 5) is 10.4. The number of carbonyl (C=O) groups is 1. The van der Waals surface area contributed by atoms with Crippen molar-refractivity contribution in [2.24, 2.45) is 0 Å². The Morgan fingerprint density at radius 2 is 2.35 bits per heavy atom. The third kappa shape index (κ3) is 3.81. The van der Waals surface area contributed by atoms with E-state index in [9.17, 15) is 9.18 Å². The molecule has 0 saturated carbocycles. The number of hydrogen-bond acceptors (Lipinski definition) is 7. The highest BCUT2D eigenvalue weighted by Gasteiger charge is 2.09. The quantitative estimate of drug-likeness (QED) is 0.793. The van der Waals surface area contributed by atoms with Gasteiger partial charge in [0.2, 0.25) is 5.13 Å². The summed E-state index contributed by atoms with van der Waals surface area (Å²) in [5.41, 5.74) is 0.606. The first-order valence-corrected chi connectivity index (χ1v) is 7.17. The lowest BCUT2D eigenvalue weighted by Gasteiger charge is -2.05. The molecule has 0 aliphatic carbocycles. The Kier molecular flexibility index (Phi) is 4.74. The molecule has 0 amide bonds. The minimum atomic E-state index is -0.914. The molecule has 0 unspecified atom stereocenters. The van der Waals surface area contributed by atoms with Crippen LogP contribution in [0.1, 0.15) is 0 Å². The minimum Gasteiger partial charge on any atom is -0.494 e. The van der Waals surface area contributed by atoms with Gasteiger partial charge in [-0.2, -0.15) is 0 Å². The maximum Gasteiger partial charge on any atom is 0.313 e. The van der Waals surface area contributed by atoms with Crippen LogP contribution in [0.3, 0.4) is 0 Å². The lowest BCUT2D eigenvalue weighted by molar-refractivity contribution is -0.133. The van der Waals surface area contributed by atoms with Crippen molar-refractivity contribution in [2.45, 2.75) is 4.34 Å². The van der Waals surface area contributed by atoms with Crippen molar-refractivity contribution in [1.82, 2.24) is 10.2 Å². The zero-order valence-electron chi connectivity index (χ0n) is 10.3. The number of hydrogen-bond donors (Lipinski definition) is 2. The molecule has 6 nitrogen and oxygen atoms in total. The van der Waals surface area contributed by atoms with Gasteiger partial charge in [0.1, 0.15) is 0 Å². The van der Waals surface area contributed by atoms with Gasteiger partial charge in [-0.25, -0.2) is 4.39 Å². The monoisotopic (exact) mass is 315 g/mol. The minimum absolute atomic E-state index is 0.0704. The Labute approximate surface area is 122 Å². The average Bonchev–Trinajstić information content (AvgIpc) is 2.86. The molecule has 1 aromatic heterocycles. The maximum absolute atomic E-state index is 13.3. The lowest BCUT2D eigenvalue weighted by atomic mass is 10.3. The molecular weight excluding hydrogens is 305 g/mol. The van der Waals surface area contributed by atoms with Crippen molar-refractivity contribution >= 4 is 39.9 Å². The van der Waals surface area contributed by atoms with E-state index >= 15 is 0 Å². The van der Waals surface area contributed by atoms with E-state index in [1.165, 1.54) is 30.6 Å². The number of benzene rings is 1. The number of aromatic nitrogens is 2. The van der Waals surface area contributed by atoms with Crippen LogP contribution >= 0.6 is 23.1 Å². The largest absolute Gasteiger partial charge is 0.494 e. The van der Waals surface area contributed by atoms with Gasteiger partial charge >= 0.3 is 5.97 Å². The van der Waals surface area contributed by atoms with E-state index in [2.05, 4.69) is 15.5 Å². The van der Waals surface area contributed by atoms with Gasteiger partial charge in [-0.1, -0.05) is 23.1 Å². The van der Waals surface area contributed by atoms with Gasteiger partial charge in [-0.3, -0.25) is 4.79 Å². The molecule has 0 saturated heterocycles. The van der Waals surface area contributed by atoms with Gasteiger partial charge in [0, 0.05) is 11.8 Å². The van der Waals surface area contributed by atoms with E-state index in [4.69, 9.17) is 9.84 Å². The Morgan fingerprint density at radius 1 is 1.55 bits per heavy atom. The number of ether oxygens (including phenoxy) is 1. The number of carboxylic acid groups (broad SMARTS) is 1. The normalized spacial score (nSPS) is 10.3. The van der Waals surface area contributed by atoms with Crippen LogP contribution in [-0.2, 0) is 4.79 Å². The molecule has 0 atom stereocenters. The maximum atomic E-state index is 13.3. The van der Waals surface area contributed by atoms with E-state index < -0.39 is 11.8 Å². The first-order valence-electron chi connectivity index (χ1n) is 5.37. The van der Waals surface area contributed by atoms with E-state index in [0.29, 0.717) is 15.2 Å². The van der Waals surface area contributed by atoms with Crippen molar-refractivity contribution in [3.05, 3.63) is 24.0 Å². The van der Waals surface area contributed by atoms with E-state index in [0.717, 1.165) is 11.8 Å². The van der Waals surface area contributed by atoms with Gasteiger partial charge < -0.3 is 15.2 Å². The highest BCUT2D eigenvalue weighted by Crippen LogP contribution is 2.29. The summed E-state index contributed by atoms with van der Waals surface area (Å²) in [6, 6.07) is 4.33. The summed E-state index contributed by atoms with van der Waals surface area (Å²) in [6.45, 7) is 0. The van der Waals surface area contributed by atoms with Crippen molar-refractivity contribution in [3.8, 4) is 5.75 Å². The smallest absolute Gasteiger partial charge is 0.313 e. The van der Waals surface area contributed by atoms with Crippen LogP contribution in [0.5, 0.6) is 5.75 Å². The van der Waals surface area contributed by atoms with Crippen molar-refractivity contribution in [1.29, 1.82) is 0 Å². The second-order valence-corrected chi connectivity index (χ2v) is 5.73. The molecular formula is C11H10FN3O3S2. The number of anilines is 2. The summed E-state index contributed by atoms with van der Waals surface area (Å²) in [5, 5.41) is 19.7. The summed E-state index contributed by atoms with van der Waals surface area (Å²) >= 11 is 2.31. The number of thioether (sulfide) groups is 1. The van der Waals surface area contributed by atoms with Gasteiger partial charge in [0.25, 0.3) is 0 Å². The number of nitrogens with one attached hydrogen (secondary N) is 1. The Hall–Kier alpha value is -1.87. The molecule has 0 radical (unpaired) electrons. The van der Waals surface area contributed by atoms with Gasteiger partial charge in [-0.05, 0) is 12.1 Å². The first kappa shape index (κ1) is 14.5. The topological polar surface area (TPSA) is 84.3 Å². The molecule has 2 N–H and O–H groups in total. The van der Waals surface area contributed by atoms with E-state index in [-0.39, 0.29) is 11.5 Å². The Bertz CT molecular complexity index is 621. The standard InChI is InChI=1S/C11H10FN3O3S2/c1-18-8-4-6(2-3-7(8)12)13-10-14-15-11(20-10)19-5-9(16)17/h2-4H,5H2,1H3,(H,13,14)(H,16,17). The fraction of sp³-hybridized carbons (Fsp3) is 0.182. The molecule has 20 heavy (non-hydrogen) atoms. The molecule has 106 valence electrons. The van der Waals surface area contributed by atoms with Gasteiger partial charge in [-0.15, -0.1) is 10.2 Å². The van der Waals surface area contributed by atoms with Crippen LogP contribution < -0.4 is 10.1 Å². The number of methoxy groups -OCH3 is 1. The molecule has 2 rings (SSSR count). The van der Waals surface area contributed by atoms with Crippen molar-refractivity contribution in [3.63, 3.8) is 0 Å². The number of nitrogens with zero attached hydrogens (tertiary/aromatic N) is 2. The highest BCUT2D eigenvalue weighted by atomic mass is 32.2. The molecule has 1 heterocycles. The zero-order chi connectivity index (χ0) is 14.5. The molecule has 2 aromatic rings. The number of halogens is 1. The molecule has 0 fully saturated rings. The summed E-state index contributed by atoms with van der Waals surface area (Å²) in [7, 11) is 1.38. The van der Waals surface area contributed by atoms with Crippen LogP contribution in [-0.4, -0.2) is 34.1 Å².